The summed E-state index contributed by atoms with van der Waals surface area (Å²) in [7, 11) is 0. The second-order valence-electron chi connectivity index (χ2n) is 5.96. The van der Waals surface area contributed by atoms with Crippen LogP contribution in [0, 0.1) is 0 Å². The third kappa shape index (κ3) is 5.85. The summed E-state index contributed by atoms with van der Waals surface area (Å²) >= 11 is 0. The first-order valence-corrected chi connectivity index (χ1v) is 7.13. The summed E-state index contributed by atoms with van der Waals surface area (Å²) in [6.07, 6.45) is 0.263. The van der Waals surface area contributed by atoms with E-state index in [9.17, 15) is 9.59 Å². The predicted octanol–water partition coefficient (Wildman–Crippen LogP) is 3.56. The molecule has 5 nitrogen and oxygen atoms in total. The maximum atomic E-state index is 12.2. The number of hydrogen-bond donors (Lipinski definition) is 2. The molecular formula is C16H24N2O3. The molecule has 0 bridgehead atoms. The van der Waals surface area contributed by atoms with Gasteiger partial charge in [0.05, 0.1) is 11.3 Å². The van der Waals surface area contributed by atoms with Gasteiger partial charge in [0.1, 0.15) is 5.60 Å². The Labute approximate surface area is 126 Å². The zero-order valence-electron chi connectivity index (χ0n) is 13.3. The molecule has 0 saturated carbocycles. The van der Waals surface area contributed by atoms with Crippen LogP contribution in [0.4, 0.5) is 10.5 Å². The number of anilines is 1. The van der Waals surface area contributed by atoms with Gasteiger partial charge in [-0.25, -0.2) is 4.79 Å². The van der Waals surface area contributed by atoms with Crippen LogP contribution >= 0.6 is 0 Å². The average Bonchev–Trinajstić information content (AvgIpc) is 2.36. The third-order valence-corrected chi connectivity index (χ3v) is 2.80. The summed E-state index contributed by atoms with van der Waals surface area (Å²) < 4.78 is 5.20. The van der Waals surface area contributed by atoms with Gasteiger partial charge in [0.15, 0.2) is 0 Å². The number of carbonyl (C=O) groups excluding carboxylic acids is 2. The number of amides is 2. The Bertz CT molecular complexity index is 506. The summed E-state index contributed by atoms with van der Waals surface area (Å²) in [6.45, 7) is 9.29. The lowest BCUT2D eigenvalue weighted by molar-refractivity contribution is 0.0636. The van der Waals surface area contributed by atoms with Gasteiger partial charge in [-0.3, -0.25) is 10.1 Å². The highest BCUT2D eigenvalue weighted by Gasteiger charge is 2.19. The molecule has 2 amide bonds. The van der Waals surface area contributed by atoms with Crippen molar-refractivity contribution < 1.29 is 14.3 Å². The van der Waals surface area contributed by atoms with Crippen molar-refractivity contribution in [3.8, 4) is 0 Å². The molecule has 116 valence electrons. The van der Waals surface area contributed by atoms with E-state index in [0.717, 1.165) is 6.42 Å². The highest BCUT2D eigenvalue weighted by molar-refractivity contribution is 6.02. The summed E-state index contributed by atoms with van der Waals surface area (Å²) in [5, 5.41) is 5.49. The molecule has 21 heavy (non-hydrogen) atoms. The van der Waals surface area contributed by atoms with Crippen molar-refractivity contribution in [2.24, 2.45) is 0 Å². The number of carbonyl (C=O) groups is 2. The van der Waals surface area contributed by atoms with Gasteiger partial charge in [-0.2, -0.15) is 0 Å². The first kappa shape index (κ1) is 17.0. The highest BCUT2D eigenvalue weighted by atomic mass is 16.6. The Morgan fingerprint density at radius 3 is 2.43 bits per heavy atom. The molecular weight excluding hydrogens is 268 g/mol. The first-order valence-electron chi connectivity index (χ1n) is 7.13. The molecule has 0 aromatic heterocycles. The molecule has 0 aliphatic rings. The smallest absolute Gasteiger partial charge is 0.412 e. The van der Waals surface area contributed by atoms with Gasteiger partial charge >= 0.3 is 6.09 Å². The van der Waals surface area contributed by atoms with Gasteiger partial charge in [0.25, 0.3) is 5.91 Å². The van der Waals surface area contributed by atoms with Crippen molar-refractivity contribution in [3.05, 3.63) is 29.8 Å². The second kappa shape index (κ2) is 7.11. The quantitative estimate of drug-likeness (QED) is 0.891. The number of ether oxygens (including phenoxy) is 1. The Kier molecular flexibility index (Phi) is 5.76. The minimum atomic E-state index is -0.585. The summed E-state index contributed by atoms with van der Waals surface area (Å²) in [5.74, 6) is -0.212. The van der Waals surface area contributed by atoms with E-state index in [1.807, 2.05) is 13.8 Å². The molecule has 2 N–H and O–H groups in total. The number of benzene rings is 1. The van der Waals surface area contributed by atoms with Gasteiger partial charge in [-0.15, -0.1) is 0 Å². The fourth-order valence-corrected chi connectivity index (χ4v) is 1.61. The summed E-state index contributed by atoms with van der Waals surface area (Å²) in [6, 6.07) is 6.94. The lowest BCUT2D eigenvalue weighted by atomic mass is 10.1. The largest absolute Gasteiger partial charge is 0.444 e. The van der Waals surface area contributed by atoms with Crippen LogP contribution in [-0.4, -0.2) is 23.6 Å². The molecule has 5 heteroatoms. The molecule has 0 radical (unpaired) electrons. The molecule has 1 rings (SSSR count). The average molecular weight is 292 g/mol. The van der Waals surface area contributed by atoms with Crippen LogP contribution in [0.1, 0.15) is 51.4 Å². The number of nitrogens with one attached hydrogen (secondary N) is 2. The van der Waals surface area contributed by atoms with Crippen LogP contribution in [0.2, 0.25) is 0 Å². The van der Waals surface area contributed by atoms with E-state index < -0.39 is 11.7 Å². The van der Waals surface area contributed by atoms with Crippen molar-refractivity contribution in [1.82, 2.24) is 5.32 Å². The van der Waals surface area contributed by atoms with E-state index in [4.69, 9.17) is 4.74 Å². The molecule has 1 unspecified atom stereocenters. The molecule has 0 fully saturated rings. The Morgan fingerprint density at radius 1 is 1.24 bits per heavy atom. The maximum absolute atomic E-state index is 12.2. The van der Waals surface area contributed by atoms with E-state index in [0.29, 0.717) is 11.3 Å². The molecule has 0 spiro atoms. The number of para-hydroxylation sites is 1. The van der Waals surface area contributed by atoms with Crippen molar-refractivity contribution in [2.75, 3.05) is 5.32 Å². The van der Waals surface area contributed by atoms with Gasteiger partial charge in [-0.1, -0.05) is 19.1 Å². The molecule has 0 heterocycles. The zero-order chi connectivity index (χ0) is 16.0. The predicted molar refractivity (Wildman–Crippen MR) is 83.5 cm³/mol. The minimum Gasteiger partial charge on any atom is -0.444 e. The Balaban J connectivity index is 2.84. The summed E-state index contributed by atoms with van der Waals surface area (Å²) in [4.78, 5) is 24.0. The van der Waals surface area contributed by atoms with Crippen molar-refractivity contribution in [3.63, 3.8) is 0 Å². The monoisotopic (exact) mass is 292 g/mol. The number of rotatable bonds is 4. The van der Waals surface area contributed by atoms with Crippen LogP contribution in [0.15, 0.2) is 24.3 Å². The van der Waals surface area contributed by atoms with Crippen molar-refractivity contribution in [2.45, 2.75) is 52.7 Å². The van der Waals surface area contributed by atoms with Gasteiger partial charge in [0.2, 0.25) is 0 Å². The minimum absolute atomic E-state index is 0.0760. The molecule has 0 aliphatic carbocycles. The molecule has 0 aliphatic heterocycles. The van der Waals surface area contributed by atoms with Gasteiger partial charge in [0, 0.05) is 6.04 Å². The van der Waals surface area contributed by atoms with Crippen LogP contribution in [0.3, 0.4) is 0 Å². The lowest BCUT2D eigenvalue weighted by Crippen LogP contribution is -2.33. The standard InChI is InChI=1S/C16H24N2O3/c1-6-11(2)17-14(19)12-9-7-8-10-13(12)18-15(20)21-16(3,4)5/h7-11H,6H2,1-5H3,(H,17,19)(H,18,20). The van der Waals surface area contributed by atoms with E-state index in [1.165, 1.54) is 0 Å². The first-order chi connectivity index (χ1) is 9.73. The molecule has 1 aromatic rings. The van der Waals surface area contributed by atoms with E-state index >= 15 is 0 Å². The van der Waals surface area contributed by atoms with Crippen LogP contribution in [0.5, 0.6) is 0 Å². The van der Waals surface area contributed by atoms with Crippen molar-refractivity contribution >= 4 is 17.7 Å². The molecule has 1 atom stereocenters. The van der Waals surface area contributed by atoms with E-state index in [-0.39, 0.29) is 11.9 Å². The second-order valence-corrected chi connectivity index (χ2v) is 5.96. The zero-order valence-corrected chi connectivity index (χ0v) is 13.3. The fourth-order valence-electron chi connectivity index (χ4n) is 1.61. The molecule has 0 saturated heterocycles. The fraction of sp³-hybridized carbons (Fsp3) is 0.500. The van der Waals surface area contributed by atoms with Crippen LogP contribution in [-0.2, 0) is 4.74 Å². The van der Waals surface area contributed by atoms with Gasteiger partial charge in [-0.05, 0) is 46.2 Å². The van der Waals surface area contributed by atoms with Gasteiger partial charge < -0.3 is 10.1 Å². The van der Waals surface area contributed by atoms with Crippen LogP contribution < -0.4 is 10.6 Å². The molecule has 1 aromatic carbocycles. The Hall–Kier alpha value is -2.04. The van der Waals surface area contributed by atoms with E-state index in [1.54, 1.807) is 45.0 Å². The topological polar surface area (TPSA) is 67.4 Å². The maximum Gasteiger partial charge on any atom is 0.412 e. The SMILES string of the molecule is CCC(C)NC(=O)c1ccccc1NC(=O)OC(C)(C)C. The third-order valence-electron chi connectivity index (χ3n) is 2.80. The Morgan fingerprint density at radius 2 is 1.86 bits per heavy atom. The van der Waals surface area contributed by atoms with Crippen LogP contribution in [0.25, 0.3) is 0 Å². The van der Waals surface area contributed by atoms with E-state index in [2.05, 4.69) is 10.6 Å². The summed E-state index contributed by atoms with van der Waals surface area (Å²) in [5.41, 5.74) is 0.272. The number of hydrogen-bond acceptors (Lipinski definition) is 3. The normalized spacial score (nSPS) is 12.4. The van der Waals surface area contributed by atoms with Crippen molar-refractivity contribution in [1.29, 1.82) is 0 Å². The lowest BCUT2D eigenvalue weighted by Gasteiger charge is -2.20. The highest BCUT2D eigenvalue weighted by Crippen LogP contribution is 2.17.